The Balaban J connectivity index is 1.93. The maximum absolute atomic E-state index is 4.99. The first kappa shape index (κ1) is 9.92. The molecule has 2 rings (SSSR count). The maximum atomic E-state index is 4.99. The molecule has 0 aromatic carbocycles. The summed E-state index contributed by atoms with van der Waals surface area (Å²) in [5.41, 5.74) is 0. The van der Waals surface area contributed by atoms with Crippen LogP contribution in [-0.2, 0) is 13.6 Å². The quantitative estimate of drug-likeness (QED) is 0.818. The van der Waals surface area contributed by atoms with Crippen molar-refractivity contribution in [3.63, 3.8) is 0 Å². The highest BCUT2D eigenvalue weighted by Crippen LogP contribution is 2.09. The van der Waals surface area contributed by atoms with E-state index < -0.39 is 0 Å². The predicted molar refractivity (Wildman–Crippen MR) is 55.0 cm³/mol. The van der Waals surface area contributed by atoms with Gasteiger partial charge in [-0.05, 0) is 6.92 Å². The number of hydrogen-bond donors (Lipinski definition) is 1. The zero-order valence-electron chi connectivity index (χ0n) is 8.84. The number of hydrogen-bond acceptors (Lipinski definition) is 4. The Morgan fingerprint density at radius 3 is 3.00 bits per heavy atom. The highest BCUT2D eigenvalue weighted by atomic mass is 16.5. The van der Waals surface area contributed by atoms with Crippen molar-refractivity contribution < 1.29 is 4.52 Å². The van der Waals surface area contributed by atoms with Crippen molar-refractivity contribution in [1.82, 2.24) is 20.0 Å². The molecule has 80 valence electrons. The van der Waals surface area contributed by atoms with E-state index in [1.165, 1.54) is 0 Å². The molecule has 1 atom stereocenters. The summed E-state index contributed by atoms with van der Waals surface area (Å²) in [6.45, 7) is 2.73. The van der Waals surface area contributed by atoms with Crippen molar-refractivity contribution in [2.45, 2.75) is 19.5 Å². The van der Waals surface area contributed by atoms with Gasteiger partial charge in [0.25, 0.3) is 0 Å². The number of rotatable bonds is 4. The fraction of sp³-hybridized carbons (Fsp3) is 0.400. The summed E-state index contributed by atoms with van der Waals surface area (Å²) >= 11 is 0. The predicted octanol–water partition coefficient (Wildman–Crippen LogP) is 1.26. The smallest absolute Gasteiger partial charge is 0.150 e. The van der Waals surface area contributed by atoms with E-state index in [2.05, 4.69) is 22.4 Å². The van der Waals surface area contributed by atoms with E-state index in [0.29, 0.717) is 6.54 Å². The van der Waals surface area contributed by atoms with Crippen LogP contribution in [0.25, 0.3) is 0 Å². The molecule has 2 aromatic rings. The average Bonchev–Trinajstić information content (AvgIpc) is 2.84. The highest BCUT2D eigenvalue weighted by molar-refractivity contribution is 4.99. The molecule has 0 saturated heterocycles. The Morgan fingerprint density at radius 2 is 2.40 bits per heavy atom. The van der Waals surface area contributed by atoms with E-state index in [4.69, 9.17) is 4.52 Å². The minimum absolute atomic E-state index is 0.190. The van der Waals surface area contributed by atoms with Crippen LogP contribution in [0.4, 0.5) is 0 Å². The van der Waals surface area contributed by atoms with Crippen LogP contribution < -0.4 is 5.32 Å². The molecule has 15 heavy (non-hydrogen) atoms. The maximum Gasteiger partial charge on any atom is 0.150 e. The molecule has 0 aliphatic rings. The minimum Gasteiger partial charge on any atom is -0.360 e. The molecule has 0 radical (unpaired) electrons. The van der Waals surface area contributed by atoms with Gasteiger partial charge in [0.15, 0.2) is 0 Å². The van der Waals surface area contributed by atoms with Crippen LogP contribution in [0.2, 0.25) is 0 Å². The summed E-state index contributed by atoms with van der Waals surface area (Å²) in [5.74, 6) is 1.84. The van der Waals surface area contributed by atoms with Gasteiger partial charge in [0.2, 0.25) is 0 Å². The van der Waals surface area contributed by atoms with Gasteiger partial charge < -0.3 is 14.4 Å². The molecule has 0 saturated carbocycles. The van der Waals surface area contributed by atoms with Crippen molar-refractivity contribution in [2.24, 2.45) is 7.05 Å². The summed E-state index contributed by atoms with van der Waals surface area (Å²) in [7, 11) is 1.98. The van der Waals surface area contributed by atoms with E-state index in [9.17, 15) is 0 Å². The molecule has 2 heterocycles. The first-order valence-electron chi connectivity index (χ1n) is 4.87. The third kappa shape index (κ3) is 2.24. The number of aryl methyl sites for hydroxylation is 1. The van der Waals surface area contributed by atoms with Gasteiger partial charge >= 0.3 is 0 Å². The van der Waals surface area contributed by atoms with E-state index in [1.54, 1.807) is 12.4 Å². The summed E-state index contributed by atoms with van der Waals surface area (Å²) in [5, 5.41) is 6.96. The van der Waals surface area contributed by atoms with E-state index in [1.807, 2.05) is 23.9 Å². The number of nitrogens with zero attached hydrogens (tertiary/aromatic N) is 3. The van der Waals surface area contributed by atoms with Crippen LogP contribution in [0, 0.1) is 0 Å². The fourth-order valence-electron chi connectivity index (χ4n) is 1.47. The van der Waals surface area contributed by atoms with Crippen LogP contribution >= 0.6 is 0 Å². The average molecular weight is 206 g/mol. The molecule has 0 amide bonds. The molecule has 5 heteroatoms. The Morgan fingerprint density at radius 1 is 1.53 bits per heavy atom. The van der Waals surface area contributed by atoms with Gasteiger partial charge in [-0.25, -0.2) is 4.98 Å². The molecule has 5 nitrogen and oxygen atoms in total. The van der Waals surface area contributed by atoms with Crippen molar-refractivity contribution in [2.75, 3.05) is 0 Å². The van der Waals surface area contributed by atoms with E-state index in [0.717, 1.165) is 11.6 Å². The van der Waals surface area contributed by atoms with Gasteiger partial charge in [0.1, 0.15) is 11.6 Å². The molecule has 1 unspecified atom stereocenters. The number of nitrogens with one attached hydrogen (secondary N) is 1. The monoisotopic (exact) mass is 206 g/mol. The lowest BCUT2D eigenvalue weighted by Crippen LogP contribution is -2.20. The molecule has 0 aliphatic carbocycles. The van der Waals surface area contributed by atoms with Gasteiger partial charge in [-0.2, -0.15) is 0 Å². The molecule has 2 aromatic heterocycles. The molecule has 0 aliphatic heterocycles. The molecule has 0 spiro atoms. The van der Waals surface area contributed by atoms with Gasteiger partial charge in [0.05, 0.1) is 18.8 Å². The third-order valence-corrected chi connectivity index (χ3v) is 2.32. The summed E-state index contributed by atoms with van der Waals surface area (Å²) < 4.78 is 6.99. The second-order valence-electron chi connectivity index (χ2n) is 3.48. The van der Waals surface area contributed by atoms with Gasteiger partial charge in [-0.3, -0.25) is 0 Å². The normalized spacial score (nSPS) is 12.9. The molecule has 1 N–H and O–H groups in total. The minimum atomic E-state index is 0.190. The Kier molecular flexibility index (Phi) is 2.82. The summed E-state index contributed by atoms with van der Waals surface area (Å²) in [6.07, 6.45) is 5.37. The summed E-state index contributed by atoms with van der Waals surface area (Å²) in [6, 6.07) is 2.04. The van der Waals surface area contributed by atoms with Gasteiger partial charge in [0, 0.05) is 25.5 Å². The first-order valence-corrected chi connectivity index (χ1v) is 4.87. The zero-order chi connectivity index (χ0) is 10.7. The van der Waals surface area contributed by atoms with Crippen molar-refractivity contribution >= 4 is 0 Å². The topological polar surface area (TPSA) is 55.9 Å². The lowest BCUT2D eigenvalue weighted by molar-refractivity contribution is 0.363. The van der Waals surface area contributed by atoms with E-state index >= 15 is 0 Å². The third-order valence-electron chi connectivity index (χ3n) is 2.32. The molecular formula is C10H14N4O. The summed E-state index contributed by atoms with van der Waals surface area (Å²) in [4.78, 5) is 4.27. The zero-order valence-corrected chi connectivity index (χ0v) is 8.84. The molecular weight excluding hydrogens is 192 g/mol. The van der Waals surface area contributed by atoms with Crippen molar-refractivity contribution in [3.05, 3.63) is 36.2 Å². The molecule has 0 fully saturated rings. The number of aromatic nitrogens is 3. The van der Waals surface area contributed by atoms with Crippen LogP contribution in [0.1, 0.15) is 24.6 Å². The van der Waals surface area contributed by atoms with Crippen LogP contribution in [0.5, 0.6) is 0 Å². The van der Waals surface area contributed by atoms with Gasteiger partial charge in [-0.1, -0.05) is 5.16 Å². The Hall–Kier alpha value is -1.62. The standard InChI is InChI=1S/C10H14N4O/c1-8(10-11-5-6-14(10)2)12-7-9-3-4-13-15-9/h3-6,8,12H,7H2,1-2H3. The molecule has 0 bridgehead atoms. The first-order chi connectivity index (χ1) is 7.27. The van der Waals surface area contributed by atoms with Gasteiger partial charge in [-0.15, -0.1) is 0 Å². The number of imidazole rings is 1. The second kappa shape index (κ2) is 4.27. The van der Waals surface area contributed by atoms with Crippen LogP contribution in [-0.4, -0.2) is 14.7 Å². The Bertz CT molecular complexity index is 407. The lowest BCUT2D eigenvalue weighted by Gasteiger charge is -2.12. The largest absolute Gasteiger partial charge is 0.360 e. The van der Waals surface area contributed by atoms with Crippen LogP contribution in [0.3, 0.4) is 0 Å². The second-order valence-corrected chi connectivity index (χ2v) is 3.48. The van der Waals surface area contributed by atoms with Crippen molar-refractivity contribution in [1.29, 1.82) is 0 Å². The Labute approximate surface area is 88.1 Å². The van der Waals surface area contributed by atoms with Crippen molar-refractivity contribution in [3.8, 4) is 0 Å². The SMILES string of the molecule is CC(NCc1ccno1)c1nccn1C. The highest BCUT2D eigenvalue weighted by Gasteiger charge is 2.09. The van der Waals surface area contributed by atoms with E-state index in [-0.39, 0.29) is 6.04 Å². The lowest BCUT2D eigenvalue weighted by atomic mass is 10.3. The van der Waals surface area contributed by atoms with Crippen LogP contribution in [0.15, 0.2) is 29.2 Å². The fourth-order valence-corrected chi connectivity index (χ4v) is 1.47.